The molecular weight excluding hydrogens is 450 g/mol. The molecule has 0 radical (unpaired) electrons. The number of carbonyl (C=O) groups excluding carboxylic acids is 2. The van der Waals surface area contributed by atoms with E-state index < -0.39 is 28.1 Å². The molecule has 5 heteroatoms. The van der Waals surface area contributed by atoms with Crippen LogP contribution in [-0.2, 0) is 14.4 Å². The van der Waals surface area contributed by atoms with Crippen molar-refractivity contribution in [3.8, 4) is 6.07 Å². The van der Waals surface area contributed by atoms with Gasteiger partial charge in [0, 0.05) is 11.3 Å². The summed E-state index contributed by atoms with van der Waals surface area (Å²) in [5, 5.41) is 20.4. The Hall–Kier alpha value is -1.96. The fourth-order valence-corrected chi connectivity index (χ4v) is 10.5. The molecule has 8 atom stereocenters. The van der Waals surface area contributed by atoms with Gasteiger partial charge in [-0.25, -0.2) is 0 Å². The maximum absolute atomic E-state index is 14.3. The summed E-state index contributed by atoms with van der Waals surface area (Å²) in [7, 11) is 0. The molecule has 0 aromatic carbocycles. The topological polar surface area (TPSA) is 95.2 Å². The maximum Gasteiger partial charge on any atom is 0.309 e. The molecule has 3 unspecified atom stereocenters. The molecule has 0 bridgehead atoms. The number of aliphatic carboxylic acids is 1. The van der Waals surface area contributed by atoms with Crippen molar-refractivity contribution in [1.29, 1.82) is 5.26 Å². The van der Waals surface area contributed by atoms with Crippen molar-refractivity contribution < 1.29 is 19.5 Å². The second kappa shape index (κ2) is 7.33. The van der Waals surface area contributed by atoms with Crippen LogP contribution in [0.3, 0.4) is 0 Å². The van der Waals surface area contributed by atoms with Crippen molar-refractivity contribution in [2.24, 2.45) is 56.2 Å². The number of rotatable bonds is 1. The van der Waals surface area contributed by atoms with Gasteiger partial charge < -0.3 is 5.11 Å². The molecule has 0 spiro atoms. The summed E-state index contributed by atoms with van der Waals surface area (Å²) in [6, 6.07) is 2.29. The SMILES string of the molecule is CC1(C)CC[C@]2(C(=O)O)CC[C@]3(C)C(C(=O)C=C4[C@@]5(C)CC(C#N)C(=O)C(C)(C)[C@@H]5CC[C@]43C)C2C1. The summed E-state index contributed by atoms with van der Waals surface area (Å²) >= 11 is 0. The first-order valence-corrected chi connectivity index (χ1v) is 13.9. The lowest BCUT2D eigenvalue weighted by Gasteiger charge is -2.69. The number of hydrogen-bond donors (Lipinski definition) is 1. The number of nitriles is 1. The first-order chi connectivity index (χ1) is 16.5. The summed E-state index contributed by atoms with van der Waals surface area (Å²) in [5.41, 5.74) is -1.29. The Balaban J connectivity index is 1.67. The number of ketones is 2. The number of fused-ring (bicyclic) bond motifs is 7. The lowest BCUT2D eigenvalue weighted by Crippen LogP contribution is -2.66. The lowest BCUT2D eigenvalue weighted by atomic mass is 9.33. The van der Waals surface area contributed by atoms with E-state index in [1.54, 1.807) is 0 Å². The average Bonchev–Trinajstić information content (AvgIpc) is 2.77. The molecular formula is C31H43NO4. The van der Waals surface area contributed by atoms with E-state index in [1.165, 1.54) is 0 Å². The number of Topliss-reactive ketones (excluding diaryl/α,β-unsaturated/α-hetero) is 1. The van der Waals surface area contributed by atoms with E-state index in [2.05, 4.69) is 40.7 Å². The Morgan fingerprint density at radius 1 is 0.972 bits per heavy atom. The molecule has 5 nitrogen and oxygen atoms in total. The van der Waals surface area contributed by atoms with Crippen LogP contribution in [0.25, 0.3) is 0 Å². The molecule has 0 heterocycles. The standard InChI is InChI=1S/C31H43NO4/c1-26(2)10-12-31(25(35)36)13-11-30(7)23(19(31)16-26)20(33)14-22-28(5)15-18(17-32)24(34)27(3,4)21(28)8-9-29(22,30)6/h14,18-19,21,23H,8-13,15-16H2,1-7H3,(H,35,36)/t18?,19?,21-,23?,28-,29+,30+,31-/m0/s1. The van der Waals surface area contributed by atoms with Crippen molar-refractivity contribution in [1.82, 2.24) is 0 Å². The van der Waals surface area contributed by atoms with E-state index in [0.29, 0.717) is 19.3 Å². The molecule has 0 saturated heterocycles. The Kier molecular flexibility index (Phi) is 5.23. The smallest absolute Gasteiger partial charge is 0.309 e. The number of hydrogen-bond acceptors (Lipinski definition) is 4. The number of carbonyl (C=O) groups is 3. The van der Waals surface area contributed by atoms with Crippen LogP contribution >= 0.6 is 0 Å². The van der Waals surface area contributed by atoms with Crippen LogP contribution in [0.1, 0.15) is 99.8 Å². The van der Waals surface area contributed by atoms with E-state index in [0.717, 1.165) is 37.7 Å². The normalized spacial score (nSPS) is 48.9. The molecule has 0 aliphatic heterocycles. The molecule has 36 heavy (non-hydrogen) atoms. The molecule has 4 fully saturated rings. The first kappa shape index (κ1) is 25.7. The highest BCUT2D eigenvalue weighted by molar-refractivity contribution is 5.97. The predicted molar refractivity (Wildman–Crippen MR) is 137 cm³/mol. The maximum atomic E-state index is 14.3. The molecule has 1 N–H and O–H groups in total. The van der Waals surface area contributed by atoms with Gasteiger partial charge in [-0.15, -0.1) is 0 Å². The Morgan fingerprint density at radius 2 is 1.61 bits per heavy atom. The van der Waals surface area contributed by atoms with Crippen molar-refractivity contribution in [2.45, 2.75) is 99.8 Å². The molecule has 5 aliphatic carbocycles. The van der Waals surface area contributed by atoms with Crippen LogP contribution in [-0.4, -0.2) is 22.6 Å². The predicted octanol–water partition coefficient (Wildman–Crippen LogP) is 6.37. The third-order valence-corrected chi connectivity index (χ3v) is 12.7. The van der Waals surface area contributed by atoms with Gasteiger partial charge in [-0.1, -0.05) is 54.0 Å². The molecule has 0 aromatic heterocycles. The van der Waals surface area contributed by atoms with Gasteiger partial charge in [-0.05, 0) is 90.9 Å². The Labute approximate surface area is 216 Å². The van der Waals surface area contributed by atoms with E-state index >= 15 is 0 Å². The van der Waals surface area contributed by atoms with E-state index in [4.69, 9.17) is 0 Å². The van der Waals surface area contributed by atoms with Gasteiger partial charge in [0.2, 0.25) is 0 Å². The zero-order valence-electron chi connectivity index (χ0n) is 23.2. The van der Waals surface area contributed by atoms with Gasteiger partial charge in [0.1, 0.15) is 5.92 Å². The van der Waals surface area contributed by atoms with Crippen LogP contribution in [0, 0.1) is 67.5 Å². The summed E-state index contributed by atoms with van der Waals surface area (Å²) in [4.78, 5) is 40.3. The van der Waals surface area contributed by atoms with E-state index in [9.17, 15) is 24.8 Å². The molecule has 5 rings (SSSR count). The highest BCUT2D eigenvalue weighted by atomic mass is 16.4. The quantitative estimate of drug-likeness (QED) is 0.458. The number of carboxylic acids is 1. The zero-order valence-corrected chi connectivity index (χ0v) is 23.2. The monoisotopic (exact) mass is 493 g/mol. The van der Waals surface area contributed by atoms with Crippen molar-refractivity contribution in [2.75, 3.05) is 0 Å². The van der Waals surface area contributed by atoms with Crippen LogP contribution in [0.2, 0.25) is 0 Å². The highest BCUT2D eigenvalue weighted by Crippen LogP contribution is 2.75. The molecule has 196 valence electrons. The number of nitrogens with zero attached hydrogens (tertiary/aromatic N) is 1. The van der Waals surface area contributed by atoms with Gasteiger partial charge in [0.15, 0.2) is 11.6 Å². The van der Waals surface area contributed by atoms with Crippen LogP contribution < -0.4 is 0 Å². The van der Waals surface area contributed by atoms with Crippen LogP contribution in [0.5, 0.6) is 0 Å². The third-order valence-electron chi connectivity index (χ3n) is 12.7. The van der Waals surface area contributed by atoms with Crippen molar-refractivity contribution in [3.05, 3.63) is 11.6 Å². The summed E-state index contributed by atoms with van der Waals surface area (Å²) < 4.78 is 0. The van der Waals surface area contributed by atoms with Gasteiger partial charge in [0.05, 0.1) is 11.5 Å². The van der Waals surface area contributed by atoms with Gasteiger partial charge in [0.25, 0.3) is 0 Å². The van der Waals surface area contributed by atoms with Crippen molar-refractivity contribution >= 4 is 17.5 Å². The molecule has 5 aliphatic rings. The number of carboxylic acid groups (broad SMARTS) is 1. The van der Waals surface area contributed by atoms with Crippen molar-refractivity contribution in [3.63, 3.8) is 0 Å². The highest BCUT2D eigenvalue weighted by Gasteiger charge is 2.71. The van der Waals surface area contributed by atoms with E-state index in [1.807, 2.05) is 19.9 Å². The third kappa shape index (κ3) is 2.91. The van der Waals surface area contributed by atoms with Crippen LogP contribution in [0.4, 0.5) is 0 Å². The van der Waals surface area contributed by atoms with Gasteiger partial charge in [-0.3, -0.25) is 14.4 Å². The van der Waals surface area contributed by atoms with Gasteiger partial charge >= 0.3 is 5.97 Å². The minimum absolute atomic E-state index is 0.0183. The molecule has 0 amide bonds. The lowest BCUT2D eigenvalue weighted by molar-refractivity contribution is -0.191. The minimum atomic E-state index is -0.816. The second-order valence-corrected chi connectivity index (χ2v) is 15.1. The summed E-state index contributed by atoms with van der Waals surface area (Å²) in [5.74, 6) is -1.64. The Bertz CT molecular complexity index is 1130. The van der Waals surface area contributed by atoms with E-state index in [-0.39, 0.29) is 45.6 Å². The molecule has 0 aromatic rings. The molecule has 4 saturated carbocycles. The number of allylic oxidation sites excluding steroid dienone is 2. The first-order valence-electron chi connectivity index (χ1n) is 13.9. The largest absolute Gasteiger partial charge is 0.481 e. The zero-order chi connectivity index (χ0) is 26.7. The summed E-state index contributed by atoms with van der Waals surface area (Å²) in [6.07, 6.45) is 7.78. The fourth-order valence-electron chi connectivity index (χ4n) is 10.5. The Morgan fingerprint density at radius 3 is 2.22 bits per heavy atom. The van der Waals surface area contributed by atoms with Gasteiger partial charge in [-0.2, -0.15) is 5.26 Å². The van der Waals surface area contributed by atoms with Crippen LogP contribution in [0.15, 0.2) is 11.6 Å². The summed E-state index contributed by atoms with van der Waals surface area (Å²) in [6.45, 7) is 15.2. The average molecular weight is 494 g/mol. The second-order valence-electron chi connectivity index (χ2n) is 15.1. The minimum Gasteiger partial charge on any atom is -0.481 e. The fraction of sp³-hybridized carbons (Fsp3) is 0.806.